The van der Waals surface area contributed by atoms with Gasteiger partial charge in [-0.3, -0.25) is 14.4 Å². The lowest BCUT2D eigenvalue weighted by molar-refractivity contribution is -0.172. The molecule has 2 atom stereocenters. The van der Waals surface area contributed by atoms with Gasteiger partial charge in [0, 0.05) is 0 Å². The predicted molar refractivity (Wildman–Crippen MR) is 65.3 cm³/mol. The van der Waals surface area contributed by atoms with Crippen molar-refractivity contribution in [2.24, 2.45) is 11.3 Å². The molecule has 1 rings (SSSR count). The number of carbonyl (C=O) groups is 3. The molecule has 1 aliphatic rings. The van der Waals surface area contributed by atoms with E-state index in [0.717, 1.165) is 6.08 Å². The molecule has 2 N–H and O–H groups in total. The Morgan fingerprint density at radius 1 is 1.37 bits per heavy atom. The summed E-state index contributed by atoms with van der Waals surface area (Å²) in [5.74, 6) is -3.74. The van der Waals surface area contributed by atoms with Gasteiger partial charge < -0.3 is 14.9 Å². The van der Waals surface area contributed by atoms with E-state index in [0.29, 0.717) is 12.8 Å². The Labute approximate surface area is 111 Å². The standard InChI is InChI=1S/C13H18O6/c1-2-10(15)13(12(17)18)6-4-3-5-9(13)11(16)19-8-7-14/h2,9,14H,1,3-8H2,(H,17,18). The van der Waals surface area contributed by atoms with E-state index in [1.54, 1.807) is 0 Å². The number of ketones is 1. The quantitative estimate of drug-likeness (QED) is 0.415. The van der Waals surface area contributed by atoms with Crippen LogP contribution in [0.3, 0.4) is 0 Å². The molecule has 6 heteroatoms. The van der Waals surface area contributed by atoms with Gasteiger partial charge in [-0.2, -0.15) is 0 Å². The van der Waals surface area contributed by atoms with Gasteiger partial charge in [0.1, 0.15) is 12.0 Å². The van der Waals surface area contributed by atoms with Crippen molar-refractivity contribution in [3.63, 3.8) is 0 Å². The molecule has 0 spiro atoms. The van der Waals surface area contributed by atoms with Gasteiger partial charge in [-0.25, -0.2) is 0 Å². The van der Waals surface area contributed by atoms with Crippen molar-refractivity contribution in [3.8, 4) is 0 Å². The Morgan fingerprint density at radius 3 is 2.58 bits per heavy atom. The van der Waals surface area contributed by atoms with Crippen molar-refractivity contribution < 1.29 is 29.3 Å². The van der Waals surface area contributed by atoms with Gasteiger partial charge in [0.25, 0.3) is 0 Å². The highest BCUT2D eigenvalue weighted by Crippen LogP contribution is 2.43. The van der Waals surface area contributed by atoms with E-state index in [2.05, 4.69) is 6.58 Å². The van der Waals surface area contributed by atoms with E-state index < -0.39 is 29.1 Å². The zero-order valence-corrected chi connectivity index (χ0v) is 10.6. The van der Waals surface area contributed by atoms with Crippen LogP contribution in [0, 0.1) is 11.3 Å². The first-order valence-electron chi connectivity index (χ1n) is 6.18. The van der Waals surface area contributed by atoms with Crippen LogP contribution in [0.1, 0.15) is 25.7 Å². The topological polar surface area (TPSA) is 101 Å². The molecule has 0 bridgehead atoms. The first-order valence-corrected chi connectivity index (χ1v) is 6.18. The number of hydrogen-bond donors (Lipinski definition) is 2. The van der Waals surface area contributed by atoms with E-state index in [-0.39, 0.29) is 26.1 Å². The summed E-state index contributed by atoms with van der Waals surface area (Å²) in [6.45, 7) is 2.77. The van der Waals surface area contributed by atoms with Gasteiger partial charge in [-0.15, -0.1) is 0 Å². The summed E-state index contributed by atoms with van der Waals surface area (Å²) in [7, 11) is 0. The molecule has 0 saturated heterocycles. The summed E-state index contributed by atoms with van der Waals surface area (Å²) in [6.07, 6.45) is 2.57. The number of allylic oxidation sites excluding steroid dienone is 1. The smallest absolute Gasteiger partial charge is 0.318 e. The van der Waals surface area contributed by atoms with Crippen LogP contribution < -0.4 is 0 Å². The Kier molecular flexibility index (Phi) is 5.23. The number of aliphatic hydroxyl groups excluding tert-OH is 1. The van der Waals surface area contributed by atoms with Crippen LogP contribution in [-0.4, -0.2) is 41.1 Å². The van der Waals surface area contributed by atoms with Crippen LogP contribution in [0.25, 0.3) is 0 Å². The molecule has 0 heterocycles. The van der Waals surface area contributed by atoms with Crippen molar-refractivity contribution >= 4 is 17.7 Å². The molecule has 1 saturated carbocycles. The van der Waals surface area contributed by atoms with Gasteiger partial charge in [0.15, 0.2) is 5.78 Å². The summed E-state index contributed by atoms with van der Waals surface area (Å²) >= 11 is 0. The number of carboxylic acid groups (broad SMARTS) is 1. The van der Waals surface area contributed by atoms with E-state index >= 15 is 0 Å². The number of aliphatic hydroxyl groups is 1. The Hall–Kier alpha value is -1.69. The largest absolute Gasteiger partial charge is 0.480 e. The molecule has 0 aromatic rings. The third-order valence-electron chi connectivity index (χ3n) is 3.54. The van der Waals surface area contributed by atoms with Crippen LogP contribution in [0.15, 0.2) is 12.7 Å². The number of carboxylic acids is 1. The van der Waals surface area contributed by atoms with Gasteiger partial charge in [-0.05, 0) is 18.9 Å². The maximum Gasteiger partial charge on any atom is 0.318 e. The first-order chi connectivity index (χ1) is 9.00. The first kappa shape index (κ1) is 15.4. The maximum atomic E-state index is 12.0. The van der Waals surface area contributed by atoms with Gasteiger partial charge in [0.05, 0.1) is 12.5 Å². The van der Waals surface area contributed by atoms with Gasteiger partial charge >= 0.3 is 11.9 Å². The third kappa shape index (κ3) is 2.84. The van der Waals surface area contributed by atoms with E-state index in [1.165, 1.54) is 0 Å². The van der Waals surface area contributed by atoms with Crippen molar-refractivity contribution in [1.82, 2.24) is 0 Å². The van der Waals surface area contributed by atoms with E-state index in [9.17, 15) is 19.5 Å². The van der Waals surface area contributed by atoms with Crippen LogP contribution in [0.4, 0.5) is 0 Å². The molecule has 0 aliphatic heterocycles. The fourth-order valence-corrected chi connectivity index (χ4v) is 2.58. The zero-order valence-electron chi connectivity index (χ0n) is 10.6. The molecule has 1 aliphatic carbocycles. The van der Waals surface area contributed by atoms with Crippen LogP contribution in [0.5, 0.6) is 0 Å². The molecule has 0 aromatic carbocycles. The van der Waals surface area contributed by atoms with Crippen molar-refractivity contribution in [2.75, 3.05) is 13.2 Å². The SMILES string of the molecule is C=CC(=O)C1(C(=O)O)CCCCC1C(=O)OCCO. The monoisotopic (exact) mass is 270 g/mol. The normalized spacial score (nSPS) is 26.5. The molecule has 0 aromatic heterocycles. The minimum absolute atomic E-state index is 0.103. The number of ether oxygens (including phenoxy) is 1. The van der Waals surface area contributed by atoms with E-state index in [4.69, 9.17) is 9.84 Å². The van der Waals surface area contributed by atoms with E-state index in [1.807, 2.05) is 0 Å². The lowest BCUT2D eigenvalue weighted by Crippen LogP contribution is -2.50. The summed E-state index contributed by atoms with van der Waals surface area (Å²) < 4.78 is 4.79. The second-order valence-electron chi connectivity index (χ2n) is 4.53. The summed E-state index contributed by atoms with van der Waals surface area (Å²) in [6, 6.07) is 0. The molecular weight excluding hydrogens is 252 g/mol. The summed E-state index contributed by atoms with van der Waals surface area (Å²) in [5.41, 5.74) is -1.77. The number of esters is 1. The highest BCUT2D eigenvalue weighted by molar-refractivity contribution is 6.11. The average molecular weight is 270 g/mol. The summed E-state index contributed by atoms with van der Waals surface area (Å²) in [5, 5.41) is 18.0. The lowest BCUT2D eigenvalue weighted by atomic mass is 9.63. The molecule has 1 fully saturated rings. The van der Waals surface area contributed by atoms with Crippen molar-refractivity contribution in [1.29, 1.82) is 0 Å². The van der Waals surface area contributed by atoms with Gasteiger partial charge in [-0.1, -0.05) is 19.4 Å². The number of rotatable bonds is 6. The average Bonchev–Trinajstić information content (AvgIpc) is 2.43. The highest BCUT2D eigenvalue weighted by atomic mass is 16.5. The molecule has 0 amide bonds. The number of aliphatic carboxylic acids is 1. The predicted octanol–water partition coefficient (Wildman–Crippen LogP) is 0.538. The molecular formula is C13H18O6. The fourth-order valence-electron chi connectivity index (χ4n) is 2.58. The zero-order chi connectivity index (χ0) is 14.5. The van der Waals surface area contributed by atoms with Crippen molar-refractivity contribution in [2.45, 2.75) is 25.7 Å². The number of hydrogen-bond acceptors (Lipinski definition) is 5. The van der Waals surface area contributed by atoms with Crippen molar-refractivity contribution in [3.05, 3.63) is 12.7 Å². The second kappa shape index (κ2) is 6.47. The molecule has 106 valence electrons. The molecule has 6 nitrogen and oxygen atoms in total. The van der Waals surface area contributed by atoms with Crippen LogP contribution in [0.2, 0.25) is 0 Å². The van der Waals surface area contributed by atoms with Crippen LogP contribution in [-0.2, 0) is 19.1 Å². The maximum absolute atomic E-state index is 12.0. The minimum atomic E-state index is -1.77. The fraction of sp³-hybridized carbons (Fsp3) is 0.615. The Balaban J connectivity index is 3.08. The van der Waals surface area contributed by atoms with Gasteiger partial charge in [0.2, 0.25) is 0 Å². The third-order valence-corrected chi connectivity index (χ3v) is 3.54. The lowest BCUT2D eigenvalue weighted by Gasteiger charge is -2.37. The highest BCUT2D eigenvalue weighted by Gasteiger charge is 2.55. The summed E-state index contributed by atoms with van der Waals surface area (Å²) in [4.78, 5) is 35.4. The molecule has 0 radical (unpaired) electrons. The minimum Gasteiger partial charge on any atom is -0.480 e. The Morgan fingerprint density at radius 2 is 2.05 bits per heavy atom. The Bertz CT molecular complexity index is 389. The molecule has 2 unspecified atom stereocenters. The second-order valence-corrected chi connectivity index (χ2v) is 4.53. The number of carbonyl (C=O) groups excluding carboxylic acids is 2. The van der Waals surface area contributed by atoms with Crippen LogP contribution >= 0.6 is 0 Å². The molecule has 19 heavy (non-hydrogen) atoms.